The number of methoxy groups -OCH3 is 1. The highest BCUT2D eigenvalue weighted by atomic mass is 16.5. The summed E-state index contributed by atoms with van der Waals surface area (Å²) in [6, 6.07) is 17.6. The van der Waals surface area contributed by atoms with Gasteiger partial charge in [0.2, 0.25) is 11.7 Å². The van der Waals surface area contributed by atoms with Crippen LogP contribution in [0.15, 0.2) is 71.5 Å². The second-order valence-corrected chi connectivity index (χ2v) is 6.54. The van der Waals surface area contributed by atoms with Crippen LogP contribution >= 0.6 is 0 Å². The molecule has 142 valence electrons. The van der Waals surface area contributed by atoms with E-state index in [0.29, 0.717) is 18.3 Å². The van der Waals surface area contributed by atoms with Crippen LogP contribution in [0.25, 0.3) is 17.1 Å². The summed E-state index contributed by atoms with van der Waals surface area (Å²) in [6.45, 7) is 1.27. The maximum atomic E-state index is 5.41. The molecule has 4 rings (SSSR count). The van der Waals surface area contributed by atoms with Crippen molar-refractivity contribution in [3.8, 4) is 22.8 Å². The van der Waals surface area contributed by atoms with Crippen LogP contribution in [0.3, 0.4) is 0 Å². The number of para-hydroxylation sites is 1. The fourth-order valence-corrected chi connectivity index (χ4v) is 2.96. The summed E-state index contributed by atoms with van der Waals surface area (Å²) in [5.74, 6) is 1.88. The molecule has 0 bridgehead atoms. The quantitative estimate of drug-likeness (QED) is 0.492. The van der Waals surface area contributed by atoms with E-state index >= 15 is 0 Å². The van der Waals surface area contributed by atoms with E-state index in [0.717, 1.165) is 29.1 Å². The lowest BCUT2D eigenvalue weighted by atomic mass is 10.2. The Morgan fingerprint density at radius 3 is 2.75 bits per heavy atom. The van der Waals surface area contributed by atoms with Crippen molar-refractivity contribution in [3.63, 3.8) is 0 Å². The van der Waals surface area contributed by atoms with E-state index in [-0.39, 0.29) is 0 Å². The van der Waals surface area contributed by atoms with E-state index in [1.807, 2.05) is 78.7 Å². The molecule has 2 heterocycles. The number of ether oxygens (including phenoxy) is 1. The molecule has 2 aromatic carbocycles. The van der Waals surface area contributed by atoms with Gasteiger partial charge in [0.1, 0.15) is 5.75 Å². The fraction of sp³-hybridized carbons (Fsp3) is 0.190. The molecule has 0 spiro atoms. The van der Waals surface area contributed by atoms with Gasteiger partial charge in [-0.1, -0.05) is 35.5 Å². The second kappa shape index (κ2) is 8.06. The first-order chi connectivity index (χ1) is 13.7. The Morgan fingerprint density at radius 2 is 1.93 bits per heavy atom. The zero-order chi connectivity index (χ0) is 19.3. The summed E-state index contributed by atoms with van der Waals surface area (Å²) in [5.41, 5.74) is 3.01. The Bertz CT molecular complexity index is 1040. The Labute approximate surface area is 163 Å². The lowest BCUT2D eigenvalue weighted by Gasteiger charge is -2.12. The van der Waals surface area contributed by atoms with E-state index in [1.54, 1.807) is 7.11 Å². The lowest BCUT2D eigenvalue weighted by molar-refractivity contribution is 0.261. The molecule has 4 aromatic rings. The van der Waals surface area contributed by atoms with E-state index in [4.69, 9.17) is 9.26 Å². The summed E-state index contributed by atoms with van der Waals surface area (Å²) in [4.78, 5) is 6.60. The van der Waals surface area contributed by atoms with E-state index in [1.165, 1.54) is 0 Å². The summed E-state index contributed by atoms with van der Waals surface area (Å²) in [6.07, 6.45) is 3.90. The van der Waals surface area contributed by atoms with Crippen molar-refractivity contribution in [1.82, 2.24) is 24.8 Å². The Balaban J connectivity index is 1.40. The van der Waals surface area contributed by atoms with Crippen LogP contribution < -0.4 is 4.74 Å². The number of nitrogens with zero attached hydrogens (tertiary/aromatic N) is 5. The number of aromatic nitrogens is 4. The van der Waals surface area contributed by atoms with Crippen molar-refractivity contribution in [1.29, 1.82) is 0 Å². The van der Waals surface area contributed by atoms with Crippen LogP contribution in [0.1, 0.15) is 11.5 Å². The second-order valence-electron chi connectivity index (χ2n) is 6.54. The van der Waals surface area contributed by atoms with Crippen LogP contribution in [0.4, 0.5) is 0 Å². The third-order valence-corrected chi connectivity index (χ3v) is 4.31. The molecule has 0 unspecified atom stereocenters. The highest BCUT2D eigenvalue weighted by Crippen LogP contribution is 2.21. The standard InChI is InChI=1S/C21H21N5O2/c1-25(13-16-12-22-26(14-16)18-8-4-3-5-9-18)15-20-23-21(24-28-20)17-7-6-10-19(11-17)27-2/h3-12,14H,13,15H2,1-2H3. The molecule has 7 nitrogen and oxygen atoms in total. The predicted molar refractivity (Wildman–Crippen MR) is 105 cm³/mol. The first kappa shape index (κ1) is 17.9. The molecule has 0 fully saturated rings. The maximum absolute atomic E-state index is 5.41. The smallest absolute Gasteiger partial charge is 0.241 e. The molecule has 2 aromatic heterocycles. The number of rotatable bonds is 7. The minimum absolute atomic E-state index is 0.549. The first-order valence-electron chi connectivity index (χ1n) is 8.96. The molecule has 28 heavy (non-hydrogen) atoms. The van der Waals surface area contributed by atoms with Crippen molar-refractivity contribution in [2.45, 2.75) is 13.1 Å². The van der Waals surface area contributed by atoms with Gasteiger partial charge in [-0.15, -0.1) is 0 Å². The van der Waals surface area contributed by atoms with Gasteiger partial charge in [-0.25, -0.2) is 4.68 Å². The molecule has 0 aliphatic heterocycles. The van der Waals surface area contributed by atoms with Crippen molar-refractivity contribution < 1.29 is 9.26 Å². The normalized spacial score (nSPS) is 11.1. The highest BCUT2D eigenvalue weighted by Gasteiger charge is 2.12. The topological polar surface area (TPSA) is 69.2 Å². The van der Waals surface area contributed by atoms with Crippen molar-refractivity contribution in [3.05, 3.63) is 78.4 Å². The number of benzene rings is 2. The molecule has 0 radical (unpaired) electrons. The molecule has 0 aliphatic carbocycles. The van der Waals surface area contributed by atoms with Gasteiger partial charge >= 0.3 is 0 Å². The minimum Gasteiger partial charge on any atom is -0.497 e. The van der Waals surface area contributed by atoms with E-state index in [9.17, 15) is 0 Å². The van der Waals surface area contributed by atoms with Crippen molar-refractivity contribution >= 4 is 0 Å². The van der Waals surface area contributed by atoms with Gasteiger partial charge in [0.25, 0.3) is 0 Å². The monoisotopic (exact) mass is 375 g/mol. The minimum atomic E-state index is 0.549. The van der Waals surface area contributed by atoms with Gasteiger partial charge < -0.3 is 9.26 Å². The molecule has 0 N–H and O–H groups in total. The Morgan fingerprint density at radius 1 is 1.07 bits per heavy atom. The predicted octanol–water partition coefficient (Wildman–Crippen LogP) is 3.56. The average Bonchev–Trinajstić information content (AvgIpc) is 3.38. The molecule has 0 aliphatic rings. The number of hydrogen-bond acceptors (Lipinski definition) is 6. The summed E-state index contributed by atoms with van der Waals surface area (Å²) in [7, 11) is 3.64. The summed E-state index contributed by atoms with van der Waals surface area (Å²) >= 11 is 0. The third kappa shape index (κ3) is 4.10. The van der Waals surface area contributed by atoms with Crippen LogP contribution in [0.5, 0.6) is 5.75 Å². The molecule has 7 heteroatoms. The molecule has 0 saturated heterocycles. The van der Waals surface area contributed by atoms with Gasteiger partial charge in [0.15, 0.2) is 0 Å². The van der Waals surface area contributed by atoms with Crippen molar-refractivity contribution in [2.24, 2.45) is 0 Å². The van der Waals surface area contributed by atoms with Gasteiger partial charge in [-0.3, -0.25) is 4.90 Å². The van der Waals surface area contributed by atoms with Crippen LogP contribution in [-0.2, 0) is 13.1 Å². The van der Waals surface area contributed by atoms with Crippen LogP contribution in [-0.4, -0.2) is 39.0 Å². The van der Waals surface area contributed by atoms with Crippen LogP contribution in [0.2, 0.25) is 0 Å². The number of hydrogen-bond donors (Lipinski definition) is 0. The third-order valence-electron chi connectivity index (χ3n) is 4.31. The van der Waals surface area contributed by atoms with Crippen LogP contribution in [0, 0.1) is 0 Å². The van der Waals surface area contributed by atoms with Gasteiger partial charge in [0.05, 0.1) is 25.5 Å². The largest absolute Gasteiger partial charge is 0.497 e. The summed E-state index contributed by atoms with van der Waals surface area (Å²) < 4.78 is 12.5. The van der Waals surface area contributed by atoms with Gasteiger partial charge in [-0.2, -0.15) is 10.1 Å². The van der Waals surface area contributed by atoms with Gasteiger partial charge in [0, 0.05) is 23.9 Å². The molecule has 0 atom stereocenters. The maximum Gasteiger partial charge on any atom is 0.241 e. The molecular weight excluding hydrogens is 354 g/mol. The Kier molecular flexibility index (Phi) is 5.16. The zero-order valence-electron chi connectivity index (χ0n) is 15.8. The molecule has 0 amide bonds. The zero-order valence-corrected chi connectivity index (χ0v) is 15.8. The average molecular weight is 375 g/mol. The summed E-state index contributed by atoms with van der Waals surface area (Å²) in [5, 5.41) is 8.51. The Hall–Kier alpha value is -3.45. The highest BCUT2D eigenvalue weighted by molar-refractivity contribution is 5.56. The van der Waals surface area contributed by atoms with Crippen molar-refractivity contribution in [2.75, 3.05) is 14.2 Å². The molecule has 0 saturated carbocycles. The van der Waals surface area contributed by atoms with E-state index in [2.05, 4.69) is 20.1 Å². The SMILES string of the molecule is COc1cccc(-c2noc(CN(C)Cc3cnn(-c4ccccc4)c3)n2)c1. The fourth-order valence-electron chi connectivity index (χ4n) is 2.96. The lowest BCUT2D eigenvalue weighted by Crippen LogP contribution is -2.17. The van der Waals surface area contributed by atoms with Gasteiger partial charge in [-0.05, 0) is 31.3 Å². The van der Waals surface area contributed by atoms with E-state index < -0.39 is 0 Å². The molecular formula is C21H21N5O2. The first-order valence-corrected chi connectivity index (χ1v) is 8.96.